The fourth-order valence-electron chi connectivity index (χ4n) is 1.93. The van der Waals surface area contributed by atoms with Crippen LogP contribution in [0.15, 0.2) is 18.2 Å². The van der Waals surface area contributed by atoms with Crippen LogP contribution < -0.4 is 10.6 Å². The fraction of sp³-hybridized carbons (Fsp3) is 0.533. The first-order chi connectivity index (χ1) is 8.75. The summed E-state index contributed by atoms with van der Waals surface area (Å²) >= 11 is 0. The minimum absolute atomic E-state index is 0.00203. The maximum atomic E-state index is 12.2. The molecule has 0 fully saturated rings. The molecule has 0 aliphatic heterocycles. The number of amides is 1. The molecule has 1 amide bonds. The Balaban J connectivity index is 3.24. The molecule has 0 aliphatic carbocycles. The number of benzene rings is 1. The molecule has 0 heterocycles. The Hall–Kier alpha value is -1.71. The minimum atomic E-state index is -0.00203. The third-order valence-electron chi connectivity index (χ3n) is 3.61. The minimum Gasteiger partial charge on any atom is -0.399 e. The van der Waals surface area contributed by atoms with E-state index in [4.69, 9.17) is 5.73 Å². The molecule has 1 atom stereocenters. The highest BCUT2D eigenvalue weighted by Gasteiger charge is 2.20. The number of nitrogens with zero attached hydrogens (tertiary/aromatic N) is 2. The lowest BCUT2D eigenvalue weighted by atomic mass is 10.0. The zero-order valence-corrected chi connectivity index (χ0v) is 12.8. The normalized spacial score (nSPS) is 12.4. The summed E-state index contributed by atoms with van der Waals surface area (Å²) in [6.45, 7) is 6.49. The van der Waals surface area contributed by atoms with Crippen molar-refractivity contribution in [2.45, 2.75) is 26.8 Å². The second-order valence-electron chi connectivity index (χ2n) is 5.57. The van der Waals surface area contributed by atoms with Gasteiger partial charge in [-0.1, -0.05) is 13.8 Å². The predicted molar refractivity (Wildman–Crippen MR) is 81.6 cm³/mol. The Labute approximate surface area is 116 Å². The highest BCUT2D eigenvalue weighted by Crippen LogP contribution is 2.27. The Morgan fingerprint density at radius 3 is 2.21 bits per heavy atom. The molecule has 1 unspecified atom stereocenters. The largest absolute Gasteiger partial charge is 0.399 e. The molecule has 0 saturated carbocycles. The highest BCUT2D eigenvalue weighted by molar-refractivity contribution is 6.00. The van der Waals surface area contributed by atoms with Crippen molar-refractivity contribution in [1.82, 2.24) is 4.90 Å². The zero-order valence-electron chi connectivity index (χ0n) is 12.8. The molecule has 0 aromatic heterocycles. The smallest absolute Gasteiger partial charge is 0.255 e. The van der Waals surface area contributed by atoms with Gasteiger partial charge in [0.15, 0.2) is 0 Å². The van der Waals surface area contributed by atoms with Gasteiger partial charge >= 0.3 is 0 Å². The Kier molecular flexibility index (Phi) is 4.81. The van der Waals surface area contributed by atoms with Crippen molar-refractivity contribution in [2.75, 3.05) is 31.8 Å². The number of hydrogen-bond donors (Lipinski definition) is 1. The van der Waals surface area contributed by atoms with Crippen LogP contribution in [0.5, 0.6) is 0 Å². The average molecular weight is 263 g/mol. The standard InChI is InChI=1S/C15H25N3O/c1-10(2)11(3)18(6)14-9-12(16)7-8-13(14)15(19)17(4)5/h7-11H,16H2,1-6H3. The van der Waals surface area contributed by atoms with Crippen LogP contribution in [-0.2, 0) is 0 Å². The average Bonchev–Trinajstić information content (AvgIpc) is 2.35. The van der Waals surface area contributed by atoms with E-state index in [1.54, 1.807) is 31.1 Å². The summed E-state index contributed by atoms with van der Waals surface area (Å²) in [5.41, 5.74) is 8.12. The second-order valence-corrected chi connectivity index (χ2v) is 5.57. The van der Waals surface area contributed by atoms with Gasteiger partial charge < -0.3 is 15.5 Å². The molecule has 0 saturated heterocycles. The maximum Gasteiger partial charge on any atom is 0.255 e. The maximum absolute atomic E-state index is 12.2. The fourth-order valence-corrected chi connectivity index (χ4v) is 1.93. The first-order valence-electron chi connectivity index (χ1n) is 6.59. The number of rotatable bonds is 4. The number of hydrogen-bond acceptors (Lipinski definition) is 3. The number of nitrogens with two attached hydrogens (primary N) is 1. The zero-order chi connectivity index (χ0) is 14.7. The number of anilines is 2. The SMILES string of the molecule is CC(C)C(C)N(C)c1cc(N)ccc1C(=O)N(C)C. The summed E-state index contributed by atoms with van der Waals surface area (Å²) in [6.07, 6.45) is 0. The lowest BCUT2D eigenvalue weighted by Crippen LogP contribution is -2.35. The molecule has 106 valence electrons. The van der Waals surface area contributed by atoms with Gasteiger partial charge in [-0.25, -0.2) is 0 Å². The second kappa shape index (κ2) is 5.95. The molecule has 2 N–H and O–H groups in total. The predicted octanol–water partition coefficient (Wildman–Crippen LogP) is 2.45. The van der Waals surface area contributed by atoms with E-state index in [2.05, 4.69) is 25.7 Å². The third-order valence-corrected chi connectivity index (χ3v) is 3.61. The van der Waals surface area contributed by atoms with Crippen LogP contribution in [0, 0.1) is 5.92 Å². The summed E-state index contributed by atoms with van der Waals surface area (Å²) in [5.74, 6) is 0.492. The van der Waals surface area contributed by atoms with Gasteiger partial charge in [0.1, 0.15) is 0 Å². The van der Waals surface area contributed by atoms with E-state index in [1.807, 2.05) is 13.1 Å². The van der Waals surface area contributed by atoms with E-state index in [0.29, 0.717) is 23.2 Å². The number of carbonyl (C=O) groups is 1. The number of nitrogen functional groups attached to an aromatic ring is 1. The molecule has 1 rings (SSSR count). The Morgan fingerprint density at radius 2 is 1.74 bits per heavy atom. The molecule has 0 radical (unpaired) electrons. The first-order valence-corrected chi connectivity index (χ1v) is 6.59. The molecule has 1 aromatic rings. The van der Waals surface area contributed by atoms with Gasteiger partial charge in [-0.2, -0.15) is 0 Å². The van der Waals surface area contributed by atoms with E-state index < -0.39 is 0 Å². The third kappa shape index (κ3) is 3.40. The van der Waals surface area contributed by atoms with E-state index in [-0.39, 0.29) is 5.91 Å². The van der Waals surface area contributed by atoms with Crippen molar-refractivity contribution in [3.63, 3.8) is 0 Å². The highest BCUT2D eigenvalue weighted by atomic mass is 16.2. The van der Waals surface area contributed by atoms with E-state index >= 15 is 0 Å². The van der Waals surface area contributed by atoms with E-state index in [0.717, 1.165) is 5.69 Å². The Morgan fingerprint density at radius 1 is 1.16 bits per heavy atom. The Bertz CT molecular complexity index is 455. The quantitative estimate of drug-likeness (QED) is 0.849. The van der Waals surface area contributed by atoms with Gasteiger partial charge in [0.25, 0.3) is 5.91 Å². The molecule has 1 aromatic carbocycles. The van der Waals surface area contributed by atoms with Gasteiger partial charge in [-0.15, -0.1) is 0 Å². The van der Waals surface area contributed by atoms with Crippen LogP contribution in [0.1, 0.15) is 31.1 Å². The molecule has 0 bridgehead atoms. The van der Waals surface area contributed by atoms with Crippen LogP contribution in [0.3, 0.4) is 0 Å². The summed E-state index contributed by atoms with van der Waals surface area (Å²) in [6, 6.07) is 5.77. The summed E-state index contributed by atoms with van der Waals surface area (Å²) < 4.78 is 0. The van der Waals surface area contributed by atoms with Crippen LogP contribution >= 0.6 is 0 Å². The van der Waals surface area contributed by atoms with Crippen molar-refractivity contribution < 1.29 is 4.79 Å². The number of carbonyl (C=O) groups excluding carboxylic acids is 1. The molecular weight excluding hydrogens is 238 g/mol. The van der Waals surface area contributed by atoms with Crippen molar-refractivity contribution in [1.29, 1.82) is 0 Å². The molecular formula is C15H25N3O. The molecule has 19 heavy (non-hydrogen) atoms. The van der Waals surface area contributed by atoms with E-state index in [1.165, 1.54) is 0 Å². The van der Waals surface area contributed by atoms with Gasteiger partial charge in [-0.05, 0) is 31.0 Å². The summed E-state index contributed by atoms with van der Waals surface area (Å²) in [5, 5.41) is 0. The molecule has 4 heteroatoms. The molecule has 4 nitrogen and oxygen atoms in total. The molecule has 0 aliphatic rings. The molecule has 0 spiro atoms. The van der Waals surface area contributed by atoms with Crippen molar-refractivity contribution in [2.24, 2.45) is 5.92 Å². The van der Waals surface area contributed by atoms with E-state index in [9.17, 15) is 4.79 Å². The first kappa shape index (κ1) is 15.3. The monoisotopic (exact) mass is 263 g/mol. The topological polar surface area (TPSA) is 49.6 Å². The van der Waals surface area contributed by atoms with Crippen LogP contribution in [0.4, 0.5) is 11.4 Å². The van der Waals surface area contributed by atoms with Crippen LogP contribution in [0.25, 0.3) is 0 Å². The van der Waals surface area contributed by atoms with Gasteiger partial charge in [0, 0.05) is 32.9 Å². The van der Waals surface area contributed by atoms with Crippen LogP contribution in [0.2, 0.25) is 0 Å². The van der Waals surface area contributed by atoms with Crippen molar-refractivity contribution in [3.05, 3.63) is 23.8 Å². The summed E-state index contributed by atoms with van der Waals surface area (Å²) in [7, 11) is 5.52. The van der Waals surface area contributed by atoms with Gasteiger partial charge in [0.2, 0.25) is 0 Å². The summed E-state index contributed by atoms with van der Waals surface area (Å²) in [4.78, 5) is 15.9. The van der Waals surface area contributed by atoms with Gasteiger partial charge in [0.05, 0.1) is 11.3 Å². The van der Waals surface area contributed by atoms with Crippen molar-refractivity contribution >= 4 is 17.3 Å². The lowest BCUT2D eigenvalue weighted by Gasteiger charge is -2.32. The van der Waals surface area contributed by atoms with Gasteiger partial charge in [-0.3, -0.25) is 4.79 Å². The van der Waals surface area contributed by atoms with Crippen molar-refractivity contribution in [3.8, 4) is 0 Å². The lowest BCUT2D eigenvalue weighted by molar-refractivity contribution is 0.0828. The van der Waals surface area contributed by atoms with Crippen LogP contribution in [-0.4, -0.2) is 38.0 Å².